The van der Waals surface area contributed by atoms with Gasteiger partial charge in [-0.15, -0.1) is 0 Å². The molecule has 1 heterocycles. The van der Waals surface area contributed by atoms with Crippen LogP contribution in [0.15, 0.2) is 24.3 Å². The van der Waals surface area contributed by atoms with Gasteiger partial charge in [0.2, 0.25) is 0 Å². The monoisotopic (exact) mass is 310 g/mol. The van der Waals surface area contributed by atoms with Crippen molar-refractivity contribution < 1.29 is 24.2 Å². The van der Waals surface area contributed by atoms with E-state index in [9.17, 15) is 19.1 Å². The third-order valence-corrected chi connectivity index (χ3v) is 2.97. The molecule has 112 valence electrons. The lowest BCUT2D eigenvalue weighted by molar-refractivity contribution is -0.135. The normalized spacial score (nSPS) is 10.3. The number of halogens is 1. The number of carboxylic acid groups (broad SMARTS) is 1. The molecule has 0 saturated carbocycles. The summed E-state index contributed by atoms with van der Waals surface area (Å²) in [6.07, 6.45) is 0. The van der Waals surface area contributed by atoms with Gasteiger partial charge in [0.15, 0.2) is 5.69 Å². The van der Waals surface area contributed by atoms with Gasteiger partial charge in [-0.3, -0.25) is 14.6 Å². The highest BCUT2D eigenvalue weighted by Crippen LogP contribution is 2.20. The van der Waals surface area contributed by atoms with Crippen molar-refractivity contribution in [2.24, 2.45) is 0 Å². The number of hydrogen-bond acceptors (Lipinski definition) is 4. The van der Waals surface area contributed by atoms with Crippen molar-refractivity contribution in [2.45, 2.75) is 0 Å². The van der Waals surface area contributed by atoms with Gasteiger partial charge >= 0.3 is 5.97 Å². The maximum Gasteiger partial charge on any atom is 0.322 e. The Morgan fingerprint density at radius 1 is 1.30 bits per heavy atom. The zero-order valence-electron chi connectivity index (χ0n) is 11.7. The number of aromatic nitrogens is 1. The van der Waals surface area contributed by atoms with Crippen LogP contribution in [0.4, 0.5) is 4.39 Å². The number of rotatable bonds is 4. The molecule has 4 radical (unpaired) electrons. The molecule has 0 aliphatic rings. The van der Waals surface area contributed by atoms with Crippen LogP contribution in [-0.4, -0.2) is 49.3 Å². The van der Waals surface area contributed by atoms with Crippen molar-refractivity contribution >= 4 is 38.6 Å². The van der Waals surface area contributed by atoms with E-state index in [0.29, 0.717) is 0 Å². The molecule has 0 spiro atoms. The van der Waals surface area contributed by atoms with E-state index in [0.717, 1.165) is 6.07 Å². The maximum atomic E-state index is 13.3. The third kappa shape index (κ3) is 3.50. The molecular formula is C14H9B2FN2O4. The zero-order chi connectivity index (χ0) is 17.1. The Balaban J connectivity index is 2.48. The van der Waals surface area contributed by atoms with E-state index in [2.05, 4.69) is 4.98 Å². The van der Waals surface area contributed by atoms with Crippen LogP contribution >= 0.6 is 0 Å². The molecular weight excluding hydrogens is 301 g/mol. The average molecular weight is 310 g/mol. The van der Waals surface area contributed by atoms with Crippen LogP contribution in [-0.2, 0) is 4.79 Å². The van der Waals surface area contributed by atoms with E-state index in [1.54, 1.807) is 0 Å². The summed E-state index contributed by atoms with van der Waals surface area (Å²) in [6, 6.07) is 5.30. The fourth-order valence-electron chi connectivity index (χ4n) is 1.96. The maximum absolute atomic E-state index is 13.3. The standard InChI is InChI=1S/C14H9B2FN2O4/c15-10-9(6-2-1-3-7(17)4-6)13(16)19-11(12(10)22)14(23)18-5-8(20)21/h1-4,22H,5H2,(H,18,23)(H,20,21). The SMILES string of the molecule is [B]c1nc(C(=O)NCC(=O)O)c(O)c([B])c1-c1cccc(F)c1. The molecule has 6 nitrogen and oxygen atoms in total. The van der Waals surface area contributed by atoms with E-state index in [1.807, 2.05) is 5.32 Å². The van der Waals surface area contributed by atoms with Gasteiger partial charge in [0.1, 0.15) is 33.8 Å². The van der Waals surface area contributed by atoms with Crippen molar-refractivity contribution in [3.63, 3.8) is 0 Å². The smallest absolute Gasteiger partial charge is 0.322 e. The molecule has 9 heteroatoms. The number of carboxylic acids is 1. The van der Waals surface area contributed by atoms with Crippen molar-refractivity contribution in [1.29, 1.82) is 0 Å². The van der Waals surface area contributed by atoms with Gasteiger partial charge in [-0.05, 0) is 34.3 Å². The van der Waals surface area contributed by atoms with Crippen LogP contribution in [0.3, 0.4) is 0 Å². The predicted molar refractivity (Wildman–Crippen MR) is 82.0 cm³/mol. The zero-order valence-corrected chi connectivity index (χ0v) is 11.7. The molecule has 0 fully saturated rings. The van der Waals surface area contributed by atoms with Crippen LogP contribution in [0, 0.1) is 5.82 Å². The minimum absolute atomic E-state index is 0.0804. The van der Waals surface area contributed by atoms with E-state index in [1.165, 1.54) is 18.2 Å². The largest absolute Gasteiger partial charge is 0.506 e. The number of benzene rings is 1. The number of hydrogen-bond donors (Lipinski definition) is 3. The highest BCUT2D eigenvalue weighted by molar-refractivity contribution is 6.44. The van der Waals surface area contributed by atoms with E-state index >= 15 is 0 Å². The number of aromatic hydroxyl groups is 1. The molecule has 0 unspecified atom stereocenters. The highest BCUT2D eigenvalue weighted by Gasteiger charge is 2.20. The highest BCUT2D eigenvalue weighted by atomic mass is 19.1. The summed E-state index contributed by atoms with van der Waals surface area (Å²) >= 11 is 0. The molecule has 0 bridgehead atoms. The number of aliphatic carboxylic acids is 1. The first kappa shape index (κ1) is 16.5. The first-order valence-electron chi connectivity index (χ1n) is 6.35. The lowest BCUT2D eigenvalue weighted by atomic mass is 9.80. The average Bonchev–Trinajstić information content (AvgIpc) is 2.48. The molecule has 1 amide bonds. The second kappa shape index (κ2) is 6.51. The Labute approximate surface area is 133 Å². The van der Waals surface area contributed by atoms with E-state index < -0.39 is 35.7 Å². The number of nitrogens with one attached hydrogen (secondary N) is 1. The third-order valence-electron chi connectivity index (χ3n) is 2.97. The van der Waals surface area contributed by atoms with Gasteiger partial charge in [0.25, 0.3) is 5.91 Å². The molecule has 0 saturated heterocycles. The summed E-state index contributed by atoms with van der Waals surface area (Å²) in [5, 5.41) is 20.6. The molecule has 2 aromatic rings. The van der Waals surface area contributed by atoms with Gasteiger partial charge < -0.3 is 15.5 Å². The molecule has 0 atom stereocenters. The Morgan fingerprint density at radius 2 is 2.00 bits per heavy atom. The number of amides is 1. The number of nitrogens with zero attached hydrogens (tertiary/aromatic N) is 1. The van der Waals surface area contributed by atoms with Gasteiger partial charge in [0, 0.05) is 0 Å². The summed E-state index contributed by atoms with van der Waals surface area (Å²) < 4.78 is 13.3. The van der Waals surface area contributed by atoms with Crippen LogP contribution in [0.5, 0.6) is 5.75 Å². The lowest BCUT2D eigenvalue weighted by Gasteiger charge is -2.15. The summed E-state index contributed by atoms with van der Waals surface area (Å²) in [5.74, 6) is -3.42. The summed E-state index contributed by atoms with van der Waals surface area (Å²) in [6.45, 7) is -0.661. The predicted octanol–water partition coefficient (Wildman–Crippen LogP) is -1.00. The van der Waals surface area contributed by atoms with Gasteiger partial charge in [-0.25, -0.2) is 4.39 Å². The second-order valence-electron chi connectivity index (χ2n) is 4.57. The molecule has 1 aromatic carbocycles. The number of carbonyl (C=O) groups is 2. The van der Waals surface area contributed by atoms with Gasteiger partial charge in [-0.2, -0.15) is 0 Å². The van der Waals surface area contributed by atoms with E-state index in [4.69, 9.17) is 20.8 Å². The molecule has 2 rings (SSSR count). The van der Waals surface area contributed by atoms with Gasteiger partial charge in [0.05, 0.1) is 0 Å². The fourth-order valence-corrected chi connectivity index (χ4v) is 1.96. The first-order chi connectivity index (χ1) is 10.8. The Morgan fingerprint density at radius 3 is 2.61 bits per heavy atom. The Bertz CT molecular complexity index is 799. The molecule has 1 aromatic heterocycles. The Hall–Kier alpha value is -2.83. The van der Waals surface area contributed by atoms with Crippen molar-refractivity contribution in [2.75, 3.05) is 6.54 Å². The summed E-state index contributed by atoms with van der Waals surface area (Å²) in [7, 11) is 11.5. The van der Waals surface area contributed by atoms with Crippen molar-refractivity contribution in [3.05, 3.63) is 35.8 Å². The quantitative estimate of drug-likeness (QED) is 0.629. The summed E-state index contributed by atoms with van der Waals surface area (Å²) in [4.78, 5) is 26.0. The first-order valence-corrected chi connectivity index (χ1v) is 6.35. The molecule has 0 aliphatic carbocycles. The molecule has 0 aliphatic heterocycles. The van der Waals surface area contributed by atoms with Gasteiger partial charge in [-0.1, -0.05) is 12.1 Å². The number of pyridine rings is 1. The fraction of sp³-hybridized carbons (Fsp3) is 0.0714. The molecule has 3 N–H and O–H groups in total. The minimum Gasteiger partial charge on any atom is -0.506 e. The van der Waals surface area contributed by atoms with Crippen LogP contribution in [0.2, 0.25) is 0 Å². The van der Waals surface area contributed by atoms with Crippen LogP contribution < -0.4 is 16.4 Å². The van der Waals surface area contributed by atoms with Crippen molar-refractivity contribution in [3.8, 4) is 16.9 Å². The lowest BCUT2D eigenvalue weighted by Crippen LogP contribution is -2.34. The van der Waals surface area contributed by atoms with Crippen molar-refractivity contribution in [1.82, 2.24) is 10.3 Å². The van der Waals surface area contributed by atoms with Crippen LogP contribution in [0.1, 0.15) is 10.5 Å². The van der Waals surface area contributed by atoms with E-state index in [-0.39, 0.29) is 22.2 Å². The molecule has 23 heavy (non-hydrogen) atoms. The Kier molecular flexibility index (Phi) is 4.68. The topological polar surface area (TPSA) is 99.5 Å². The minimum atomic E-state index is -1.27. The summed E-state index contributed by atoms with van der Waals surface area (Å²) in [5.41, 5.74) is -0.617. The number of carbonyl (C=O) groups excluding carboxylic acids is 1. The van der Waals surface area contributed by atoms with Crippen LogP contribution in [0.25, 0.3) is 11.1 Å². The second-order valence-corrected chi connectivity index (χ2v) is 4.57.